The van der Waals surface area contributed by atoms with E-state index in [9.17, 15) is 4.79 Å². The van der Waals surface area contributed by atoms with Gasteiger partial charge in [0, 0.05) is 14.2 Å². The van der Waals surface area contributed by atoms with Crippen LogP contribution in [0.1, 0.15) is 5.56 Å². The summed E-state index contributed by atoms with van der Waals surface area (Å²) in [5.41, 5.74) is 0.904. The molecule has 1 aromatic rings. The van der Waals surface area contributed by atoms with E-state index in [0.29, 0.717) is 4.91 Å². The number of benzene rings is 1. The highest BCUT2D eigenvalue weighted by Gasteiger charge is 2.43. The van der Waals surface area contributed by atoms with Gasteiger partial charge in [-0.15, -0.1) is 0 Å². The van der Waals surface area contributed by atoms with Crippen molar-refractivity contribution in [2.24, 2.45) is 0 Å². The van der Waals surface area contributed by atoms with Crippen LogP contribution in [-0.2, 0) is 14.3 Å². The van der Waals surface area contributed by atoms with Crippen molar-refractivity contribution in [2.75, 3.05) is 21.3 Å². The van der Waals surface area contributed by atoms with E-state index in [0.717, 1.165) is 11.3 Å². The van der Waals surface area contributed by atoms with E-state index >= 15 is 0 Å². The quantitative estimate of drug-likeness (QED) is 0.673. The summed E-state index contributed by atoms with van der Waals surface area (Å²) in [5, 5.41) is 1.52. The van der Waals surface area contributed by atoms with Crippen molar-refractivity contribution in [3.8, 4) is 5.75 Å². The Morgan fingerprint density at radius 1 is 1.16 bits per heavy atom. The zero-order chi connectivity index (χ0) is 13.9. The highest BCUT2D eigenvalue weighted by Crippen LogP contribution is 2.38. The fourth-order valence-electron chi connectivity index (χ4n) is 1.63. The van der Waals surface area contributed by atoms with E-state index in [-0.39, 0.29) is 5.91 Å². The molecule has 0 spiro atoms. The van der Waals surface area contributed by atoms with Crippen LogP contribution in [-0.4, -0.2) is 32.5 Å². The number of thioether (sulfide) groups is 1. The number of amides is 1. The van der Waals surface area contributed by atoms with Gasteiger partial charge in [0.05, 0.1) is 12.0 Å². The smallest absolute Gasteiger partial charge is 0.309 e. The zero-order valence-corrected chi connectivity index (χ0v) is 11.7. The van der Waals surface area contributed by atoms with Gasteiger partial charge in [-0.25, -0.2) is 0 Å². The Balaban J connectivity index is 2.21. The maximum atomic E-state index is 11.9. The van der Waals surface area contributed by atoms with Gasteiger partial charge in [-0.2, -0.15) is 0 Å². The van der Waals surface area contributed by atoms with Crippen molar-refractivity contribution in [1.29, 1.82) is 0 Å². The lowest BCUT2D eigenvalue weighted by atomic mass is 10.2. The summed E-state index contributed by atoms with van der Waals surface area (Å²) in [4.78, 5) is 12.4. The average molecular weight is 281 g/mol. The third-order valence-electron chi connectivity index (χ3n) is 2.69. The first-order valence-electron chi connectivity index (χ1n) is 5.60. The Morgan fingerprint density at radius 3 is 2.26 bits per heavy atom. The summed E-state index contributed by atoms with van der Waals surface area (Å²) in [6.07, 6.45) is 1.78. The minimum absolute atomic E-state index is 0.218. The maximum Gasteiger partial charge on any atom is 0.309 e. The van der Waals surface area contributed by atoms with Crippen molar-refractivity contribution in [1.82, 2.24) is 5.32 Å². The van der Waals surface area contributed by atoms with E-state index in [1.165, 1.54) is 26.0 Å². The molecule has 1 amide bonds. The second kappa shape index (κ2) is 5.64. The molecule has 0 bridgehead atoms. The first kappa shape index (κ1) is 13.9. The Kier molecular flexibility index (Phi) is 4.14. The maximum absolute atomic E-state index is 11.9. The third-order valence-corrected chi connectivity index (χ3v) is 3.91. The van der Waals surface area contributed by atoms with Crippen LogP contribution >= 0.6 is 11.8 Å². The molecule has 102 valence electrons. The average Bonchev–Trinajstić information content (AvgIpc) is 2.77. The molecule has 1 fully saturated rings. The number of hydrogen-bond acceptors (Lipinski definition) is 5. The standard InChI is InChI=1S/C13H15NO4S/c1-16-10-6-4-9(5-7-10)8-11-12(15)14-13(17-2,18-3)19-11/h4-8H,1-3H3,(H,14,15)/b11-8-. The molecular weight excluding hydrogens is 266 g/mol. The molecule has 0 aromatic heterocycles. The summed E-state index contributed by atoms with van der Waals surface area (Å²) in [5.74, 6) is 0.554. The number of carbonyl (C=O) groups is 1. The van der Waals surface area contributed by atoms with Crippen LogP contribution in [0.3, 0.4) is 0 Å². The highest BCUT2D eigenvalue weighted by molar-refractivity contribution is 8.05. The third kappa shape index (κ3) is 2.91. The van der Waals surface area contributed by atoms with Gasteiger partial charge in [0.2, 0.25) is 0 Å². The van der Waals surface area contributed by atoms with E-state index in [4.69, 9.17) is 14.2 Å². The number of methoxy groups -OCH3 is 3. The highest BCUT2D eigenvalue weighted by atomic mass is 32.2. The Hall–Kier alpha value is -1.50. The fraction of sp³-hybridized carbons (Fsp3) is 0.308. The molecular formula is C13H15NO4S. The lowest BCUT2D eigenvalue weighted by Gasteiger charge is -2.22. The molecule has 2 rings (SSSR count). The van der Waals surface area contributed by atoms with Crippen molar-refractivity contribution >= 4 is 23.7 Å². The molecule has 1 heterocycles. The lowest BCUT2D eigenvalue weighted by Crippen LogP contribution is -2.42. The summed E-state index contributed by atoms with van der Waals surface area (Å²) < 4.78 is 15.4. The molecule has 0 radical (unpaired) electrons. The summed E-state index contributed by atoms with van der Waals surface area (Å²) in [7, 11) is 4.57. The van der Waals surface area contributed by atoms with E-state index in [2.05, 4.69) is 5.32 Å². The molecule has 1 N–H and O–H groups in total. The second-order valence-corrected chi connectivity index (χ2v) is 4.98. The monoisotopic (exact) mass is 281 g/mol. The zero-order valence-electron chi connectivity index (χ0n) is 10.9. The SMILES string of the molecule is COc1ccc(/C=C2\SC(OC)(OC)NC2=O)cc1. The number of hydrogen-bond donors (Lipinski definition) is 1. The second-order valence-electron chi connectivity index (χ2n) is 3.80. The molecule has 6 heteroatoms. The Bertz CT molecular complexity index is 494. The molecule has 5 nitrogen and oxygen atoms in total. The molecule has 19 heavy (non-hydrogen) atoms. The van der Waals surface area contributed by atoms with Crippen LogP contribution in [0.4, 0.5) is 0 Å². The lowest BCUT2D eigenvalue weighted by molar-refractivity contribution is -0.160. The Morgan fingerprint density at radius 2 is 1.79 bits per heavy atom. The normalized spacial score (nSPS) is 19.5. The topological polar surface area (TPSA) is 56.8 Å². The molecule has 0 saturated carbocycles. The molecule has 0 unspecified atom stereocenters. The van der Waals surface area contributed by atoms with Crippen LogP contribution in [0.15, 0.2) is 29.2 Å². The van der Waals surface area contributed by atoms with Crippen molar-refractivity contribution in [3.05, 3.63) is 34.7 Å². The van der Waals surface area contributed by atoms with E-state index in [1.807, 2.05) is 24.3 Å². The van der Waals surface area contributed by atoms with E-state index in [1.54, 1.807) is 13.2 Å². The van der Waals surface area contributed by atoms with Crippen molar-refractivity contribution < 1.29 is 19.0 Å². The van der Waals surface area contributed by atoms with Crippen LogP contribution < -0.4 is 10.1 Å². The summed E-state index contributed by atoms with van der Waals surface area (Å²) in [6, 6.07) is 7.42. The summed E-state index contributed by atoms with van der Waals surface area (Å²) >= 11 is 1.20. The first-order chi connectivity index (χ1) is 9.12. The molecule has 1 aliphatic rings. The molecule has 1 saturated heterocycles. The van der Waals surface area contributed by atoms with Gasteiger partial charge in [-0.3, -0.25) is 10.1 Å². The first-order valence-corrected chi connectivity index (χ1v) is 6.41. The summed E-state index contributed by atoms with van der Waals surface area (Å²) in [6.45, 7) is 0. The number of nitrogens with one attached hydrogen (secondary N) is 1. The fourth-order valence-corrected chi connectivity index (χ4v) is 2.57. The van der Waals surface area contributed by atoms with Gasteiger partial charge in [-0.05, 0) is 35.5 Å². The molecule has 0 aliphatic carbocycles. The van der Waals surface area contributed by atoms with Crippen LogP contribution in [0.2, 0.25) is 0 Å². The predicted molar refractivity (Wildman–Crippen MR) is 73.5 cm³/mol. The van der Waals surface area contributed by atoms with Gasteiger partial charge in [-0.1, -0.05) is 12.1 Å². The predicted octanol–water partition coefficient (Wildman–Crippen LogP) is 1.80. The number of carbonyl (C=O) groups excluding carboxylic acids is 1. The van der Waals surface area contributed by atoms with Crippen LogP contribution in [0.25, 0.3) is 6.08 Å². The van der Waals surface area contributed by atoms with Gasteiger partial charge in [0.25, 0.3) is 5.91 Å². The largest absolute Gasteiger partial charge is 0.497 e. The van der Waals surface area contributed by atoms with Gasteiger partial charge >= 0.3 is 5.24 Å². The van der Waals surface area contributed by atoms with E-state index < -0.39 is 5.24 Å². The van der Waals surface area contributed by atoms with Gasteiger partial charge in [0.15, 0.2) is 0 Å². The molecule has 0 atom stereocenters. The van der Waals surface area contributed by atoms with Gasteiger partial charge < -0.3 is 14.2 Å². The molecule has 1 aromatic carbocycles. The van der Waals surface area contributed by atoms with Crippen LogP contribution in [0.5, 0.6) is 5.75 Å². The Labute approximate surface area is 115 Å². The number of ether oxygens (including phenoxy) is 3. The molecule has 1 aliphatic heterocycles. The van der Waals surface area contributed by atoms with Gasteiger partial charge in [0.1, 0.15) is 5.75 Å². The minimum atomic E-state index is -1.13. The van der Waals surface area contributed by atoms with Crippen molar-refractivity contribution in [3.63, 3.8) is 0 Å². The van der Waals surface area contributed by atoms with Crippen LogP contribution in [0, 0.1) is 0 Å². The minimum Gasteiger partial charge on any atom is -0.497 e. The number of rotatable bonds is 4. The van der Waals surface area contributed by atoms with Crippen molar-refractivity contribution in [2.45, 2.75) is 5.24 Å².